The van der Waals surface area contributed by atoms with E-state index in [4.69, 9.17) is 5.73 Å². The maximum absolute atomic E-state index is 5.58. The number of nitrogens with zero attached hydrogens (tertiary/aromatic N) is 4. The topological polar surface area (TPSA) is 69.6 Å². The summed E-state index contributed by atoms with van der Waals surface area (Å²) in [6.07, 6.45) is 9.78. The second-order valence-electron chi connectivity index (χ2n) is 4.29. The van der Waals surface area contributed by atoms with Crippen molar-refractivity contribution in [2.24, 2.45) is 0 Å². The van der Waals surface area contributed by atoms with Crippen LogP contribution in [0, 0.1) is 0 Å². The van der Waals surface area contributed by atoms with E-state index < -0.39 is 0 Å². The van der Waals surface area contributed by atoms with Crippen molar-refractivity contribution in [2.45, 2.75) is 45.6 Å². The molecule has 0 bridgehead atoms. The normalized spacial score (nSPS) is 11.1. The summed E-state index contributed by atoms with van der Waals surface area (Å²) in [6, 6.07) is 0. The first kappa shape index (κ1) is 11.8. The van der Waals surface area contributed by atoms with Crippen molar-refractivity contribution in [3.63, 3.8) is 0 Å². The van der Waals surface area contributed by atoms with Crippen LogP contribution < -0.4 is 5.73 Å². The molecule has 2 aromatic rings. The van der Waals surface area contributed by atoms with Gasteiger partial charge in [0.15, 0.2) is 5.65 Å². The molecule has 2 rings (SSSR count). The first-order valence-corrected chi connectivity index (χ1v) is 6.25. The van der Waals surface area contributed by atoms with Crippen LogP contribution in [-0.2, 0) is 6.54 Å². The largest absolute Gasteiger partial charge is 0.368 e. The van der Waals surface area contributed by atoms with Crippen molar-refractivity contribution in [1.29, 1.82) is 0 Å². The van der Waals surface area contributed by atoms with Gasteiger partial charge in [-0.25, -0.2) is 9.67 Å². The highest BCUT2D eigenvalue weighted by molar-refractivity contribution is 5.74. The summed E-state index contributed by atoms with van der Waals surface area (Å²) in [4.78, 5) is 8.17. The Kier molecular flexibility index (Phi) is 3.90. The fraction of sp³-hybridized carbons (Fsp3) is 0.583. The molecule has 0 saturated carbocycles. The second kappa shape index (κ2) is 5.61. The van der Waals surface area contributed by atoms with Crippen molar-refractivity contribution in [3.8, 4) is 0 Å². The SMILES string of the molecule is CCCCCCCn1ncc2cnc(N)nc21. The number of aryl methyl sites for hydroxylation is 1. The van der Waals surface area contributed by atoms with E-state index in [2.05, 4.69) is 22.0 Å². The average molecular weight is 233 g/mol. The zero-order chi connectivity index (χ0) is 12.1. The number of anilines is 1. The Labute approximate surface area is 101 Å². The van der Waals surface area contributed by atoms with E-state index in [1.165, 1.54) is 25.7 Å². The molecule has 2 heterocycles. The van der Waals surface area contributed by atoms with E-state index in [0.717, 1.165) is 24.0 Å². The standard InChI is InChI=1S/C12H19N5/c1-2-3-4-5-6-7-17-11-10(9-15-17)8-14-12(13)16-11/h8-9H,2-7H2,1H3,(H2,13,14,16). The molecular formula is C12H19N5. The average Bonchev–Trinajstić information content (AvgIpc) is 2.72. The molecule has 0 saturated heterocycles. The van der Waals surface area contributed by atoms with Gasteiger partial charge in [0, 0.05) is 12.7 Å². The summed E-state index contributed by atoms with van der Waals surface area (Å²) in [5, 5.41) is 5.26. The maximum Gasteiger partial charge on any atom is 0.222 e. The molecule has 0 spiro atoms. The number of hydrogen-bond acceptors (Lipinski definition) is 4. The number of unbranched alkanes of at least 4 members (excludes halogenated alkanes) is 4. The molecule has 0 radical (unpaired) electrons. The zero-order valence-corrected chi connectivity index (χ0v) is 10.3. The molecule has 0 unspecified atom stereocenters. The predicted octanol–water partition coefficient (Wildman–Crippen LogP) is 2.38. The Morgan fingerprint density at radius 2 is 2.00 bits per heavy atom. The summed E-state index contributed by atoms with van der Waals surface area (Å²) < 4.78 is 1.92. The van der Waals surface area contributed by atoms with Crippen molar-refractivity contribution < 1.29 is 0 Å². The Hall–Kier alpha value is -1.65. The predicted molar refractivity (Wildman–Crippen MR) is 68.5 cm³/mol. The number of nitrogen functional groups attached to an aromatic ring is 1. The quantitative estimate of drug-likeness (QED) is 0.778. The highest BCUT2D eigenvalue weighted by Gasteiger charge is 2.04. The minimum Gasteiger partial charge on any atom is -0.368 e. The molecule has 0 fully saturated rings. The summed E-state index contributed by atoms with van der Waals surface area (Å²) in [7, 11) is 0. The van der Waals surface area contributed by atoms with Gasteiger partial charge in [0.25, 0.3) is 0 Å². The minimum atomic E-state index is 0.310. The van der Waals surface area contributed by atoms with Crippen molar-refractivity contribution in [2.75, 3.05) is 5.73 Å². The first-order chi connectivity index (χ1) is 8.31. The van der Waals surface area contributed by atoms with Crippen LogP contribution in [0.25, 0.3) is 11.0 Å². The fourth-order valence-corrected chi connectivity index (χ4v) is 1.91. The Balaban J connectivity index is 1.96. The van der Waals surface area contributed by atoms with Crippen molar-refractivity contribution >= 4 is 17.0 Å². The third-order valence-corrected chi connectivity index (χ3v) is 2.87. The molecule has 0 amide bonds. The highest BCUT2D eigenvalue weighted by atomic mass is 15.3. The van der Waals surface area contributed by atoms with Gasteiger partial charge in [0.2, 0.25) is 5.95 Å². The fourth-order valence-electron chi connectivity index (χ4n) is 1.91. The minimum absolute atomic E-state index is 0.310. The third kappa shape index (κ3) is 2.93. The van der Waals surface area contributed by atoms with Crippen LogP contribution in [0.1, 0.15) is 39.0 Å². The van der Waals surface area contributed by atoms with Crippen LogP contribution in [-0.4, -0.2) is 19.7 Å². The van der Waals surface area contributed by atoms with Crippen LogP contribution in [0.15, 0.2) is 12.4 Å². The first-order valence-electron chi connectivity index (χ1n) is 6.25. The van der Waals surface area contributed by atoms with E-state index in [1.54, 1.807) is 12.4 Å². The molecule has 5 heteroatoms. The van der Waals surface area contributed by atoms with Gasteiger partial charge in [-0.1, -0.05) is 32.6 Å². The Morgan fingerprint density at radius 1 is 1.18 bits per heavy atom. The molecule has 5 nitrogen and oxygen atoms in total. The van der Waals surface area contributed by atoms with Gasteiger partial charge in [0.1, 0.15) is 0 Å². The molecule has 0 aliphatic carbocycles. The van der Waals surface area contributed by atoms with E-state index in [1.807, 2.05) is 4.68 Å². The molecule has 0 aromatic carbocycles. The lowest BCUT2D eigenvalue weighted by Crippen LogP contribution is -2.03. The second-order valence-corrected chi connectivity index (χ2v) is 4.29. The monoisotopic (exact) mass is 233 g/mol. The van der Waals surface area contributed by atoms with Crippen molar-refractivity contribution in [1.82, 2.24) is 19.7 Å². The van der Waals surface area contributed by atoms with Gasteiger partial charge >= 0.3 is 0 Å². The Bertz CT molecular complexity index is 477. The lowest BCUT2D eigenvalue weighted by atomic mass is 10.1. The summed E-state index contributed by atoms with van der Waals surface area (Å²) in [5.74, 6) is 0.310. The van der Waals surface area contributed by atoms with Crippen LogP contribution in [0.4, 0.5) is 5.95 Å². The van der Waals surface area contributed by atoms with E-state index in [9.17, 15) is 0 Å². The smallest absolute Gasteiger partial charge is 0.222 e. The molecular weight excluding hydrogens is 214 g/mol. The van der Waals surface area contributed by atoms with Crippen LogP contribution in [0.2, 0.25) is 0 Å². The zero-order valence-electron chi connectivity index (χ0n) is 10.3. The van der Waals surface area contributed by atoms with Crippen LogP contribution in [0.5, 0.6) is 0 Å². The Morgan fingerprint density at radius 3 is 2.82 bits per heavy atom. The van der Waals surface area contributed by atoms with Gasteiger partial charge < -0.3 is 5.73 Å². The molecule has 0 atom stereocenters. The number of fused-ring (bicyclic) bond motifs is 1. The number of nitrogens with two attached hydrogens (primary N) is 1. The van der Waals surface area contributed by atoms with Gasteiger partial charge in [-0.15, -0.1) is 0 Å². The van der Waals surface area contributed by atoms with Gasteiger partial charge in [0.05, 0.1) is 11.6 Å². The van der Waals surface area contributed by atoms with Crippen molar-refractivity contribution in [3.05, 3.63) is 12.4 Å². The molecule has 2 aromatic heterocycles. The summed E-state index contributed by atoms with van der Waals surface area (Å²) in [6.45, 7) is 3.13. The van der Waals surface area contributed by atoms with Crippen LogP contribution >= 0.6 is 0 Å². The van der Waals surface area contributed by atoms with E-state index >= 15 is 0 Å². The molecule has 92 valence electrons. The van der Waals surface area contributed by atoms with Crippen LogP contribution in [0.3, 0.4) is 0 Å². The molecule has 17 heavy (non-hydrogen) atoms. The van der Waals surface area contributed by atoms with Gasteiger partial charge in [-0.05, 0) is 6.42 Å². The third-order valence-electron chi connectivity index (χ3n) is 2.87. The highest BCUT2D eigenvalue weighted by Crippen LogP contribution is 2.12. The lowest BCUT2D eigenvalue weighted by Gasteiger charge is -2.03. The maximum atomic E-state index is 5.58. The van der Waals surface area contributed by atoms with Gasteiger partial charge in [-0.2, -0.15) is 10.1 Å². The number of hydrogen-bond donors (Lipinski definition) is 1. The summed E-state index contributed by atoms with van der Waals surface area (Å²) >= 11 is 0. The van der Waals surface area contributed by atoms with E-state index in [0.29, 0.717) is 5.95 Å². The molecule has 0 aliphatic rings. The summed E-state index contributed by atoms with van der Waals surface area (Å²) in [5.41, 5.74) is 6.42. The van der Waals surface area contributed by atoms with Gasteiger partial charge in [-0.3, -0.25) is 0 Å². The molecule has 0 aliphatic heterocycles. The number of aromatic nitrogens is 4. The molecule has 2 N–H and O–H groups in total. The van der Waals surface area contributed by atoms with E-state index in [-0.39, 0.29) is 0 Å². The number of rotatable bonds is 6. The lowest BCUT2D eigenvalue weighted by molar-refractivity contribution is 0.541.